The van der Waals surface area contributed by atoms with E-state index in [-0.39, 0.29) is 10.9 Å². The number of hydrogen-bond acceptors (Lipinski definition) is 5. The van der Waals surface area contributed by atoms with Gasteiger partial charge in [0.05, 0.1) is 12.8 Å². The van der Waals surface area contributed by atoms with Crippen LogP contribution in [0.3, 0.4) is 0 Å². The number of nitrogens with zero attached hydrogens (tertiary/aromatic N) is 3. The van der Waals surface area contributed by atoms with Crippen molar-refractivity contribution >= 4 is 10.0 Å². The van der Waals surface area contributed by atoms with Crippen LogP contribution in [0.25, 0.3) is 5.69 Å². The Balaban J connectivity index is 1.65. The van der Waals surface area contributed by atoms with Crippen LogP contribution in [0.1, 0.15) is 25.7 Å². The summed E-state index contributed by atoms with van der Waals surface area (Å²) in [6.45, 7) is 2.14. The number of rotatable bonds is 5. The van der Waals surface area contributed by atoms with Gasteiger partial charge in [0.1, 0.15) is 10.6 Å². The van der Waals surface area contributed by atoms with E-state index >= 15 is 0 Å². The van der Waals surface area contributed by atoms with Gasteiger partial charge in [-0.3, -0.25) is 4.90 Å². The molecule has 1 aromatic heterocycles. The summed E-state index contributed by atoms with van der Waals surface area (Å²) in [5.74, 6) is 0.340. The molecule has 3 heterocycles. The maximum atomic E-state index is 13.2. The number of aromatic nitrogens is 2. The Bertz CT molecular complexity index is 867. The fourth-order valence-corrected chi connectivity index (χ4v) is 5.62. The van der Waals surface area contributed by atoms with Crippen LogP contribution in [0.15, 0.2) is 41.6 Å². The summed E-state index contributed by atoms with van der Waals surface area (Å²) in [7, 11) is -2.21. The van der Waals surface area contributed by atoms with E-state index in [1.54, 1.807) is 41.3 Å². The number of piperidine rings is 1. The van der Waals surface area contributed by atoms with Crippen LogP contribution in [0.4, 0.5) is 0 Å². The van der Waals surface area contributed by atoms with Crippen LogP contribution in [0, 0.1) is 0 Å². The van der Waals surface area contributed by atoms with E-state index in [2.05, 4.69) is 14.7 Å². The first-order valence-electron chi connectivity index (χ1n) is 9.03. The van der Waals surface area contributed by atoms with E-state index in [0.29, 0.717) is 17.5 Å². The second-order valence-electron chi connectivity index (χ2n) is 6.90. The molecule has 4 rings (SSSR count). The van der Waals surface area contributed by atoms with Crippen molar-refractivity contribution in [3.63, 3.8) is 0 Å². The van der Waals surface area contributed by atoms with Crippen molar-refractivity contribution in [3.05, 3.63) is 36.7 Å². The molecule has 2 aliphatic rings. The molecule has 0 aliphatic carbocycles. The molecule has 2 aliphatic heterocycles. The van der Waals surface area contributed by atoms with Crippen LogP contribution >= 0.6 is 0 Å². The molecule has 140 valence electrons. The van der Waals surface area contributed by atoms with Crippen LogP contribution in [-0.4, -0.2) is 55.4 Å². The Labute approximate surface area is 154 Å². The first kappa shape index (κ1) is 17.5. The Morgan fingerprint density at radius 2 is 2.04 bits per heavy atom. The first-order valence-corrected chi connectivity index (χ1v) is 10.5. The lowest BCUT2D eigenvalue weighted by Gasteiger charge is -2.36. The van der Waals surface area contributed by atoms with Gasteiger partial charge in [-0.25, -0.2) is 17.8 Å². The van der Waals surface area contributed by atoms with Gasteiger partial charge in [-0.1, -0.05) is 0 Å². The van der Waals surface area contributed by atoms with Crippen molar-refractivity contribution in [2.24, 2.45) is 0 Å². The monoisotopic (exact) mass is 376 g/mol. The molecule has 8 heteroatoms. The molecule has 2 fully saturated rings. The molecule has 0 saturated carbocycles. The van der Waals surface area contributed by atoms with Crippen molar-refractivity contribution in [2.75, 3.05) is 20.2 Å². The molecule has 2 atom stereocenters. The summed E-state index contributed by atoms with van der Waals surface area (Å²) in [6, 6.07) is 7.14. The summed E-state index contributed by atoms with van der Waals surface area (Å²) in [6.07, 6.45) is 7.53. The zero-order valence-electron chi connectivity index (χ0n) is 14.8. The molecule has 0 bridgehead atoms. The average molecular weight is 376 g/mol. The molecule has 7 nitrogen and oxygen atoms in total. The van der Waals surface area contributed by atoms with Gasteiger partial charge in [-0.15, -0.1) is 0 Å². The topological polar surface area (TPSA) is 76.5 Å². The van der Waals surface area contributed by atoms with Gasteiger partial charge in [0.2, 0.25) is 10.0 Å². The molecule has 0 unspecified atom stereocenters. The van der Waals surface area contributed by atoms with Gasteiger partial charge in [0.15, 0.2) is 0 Å². The van der Waals surface area contributed by atoms with E-state index in [1.807, 2.05) is 0 Å². The van der Waals surface area contributed by atoms with Gasteiger partial charge >= 0.3 is 0 Å². The maximum Gasteiger partial charge on any atom is 0.244 e. The normalized spacial score (nSPS) is 23.7. The van der Waals surface area contributed by atoms with Crippen LogP contribution < -0.4 is 9.46 Å². The van der Waals surface area contributed by atoms with E-state index in [1.165, 1.54) is 7.11 Å². The highest BCUT2D eigenvalue weighted by atomic mass is 32.2. The predicted molar refractivity (Wildman–Crippen MR) is 98.1 cm³/mol. The SMILES string of the molecule is COc1ccc(-n2cccn2)cc1S(=O)(=O)N[C@H]1CCCN2CCC[C@@H]12. The van der Waals surface area contributed by atoms with Crippen molar-refractivity contribution < 1.29 is 13.2 Å². The number of ether oxygens (including phenoxy) is 1. The summed E-state index contributed by atoms with van der Waals surface area (Å²) < 4.78 is 36.2. The smallest absolute Gasteiger partial charge is 0.244 e. The molecule has 1 aromatic carbocycles. The molecule has 1 N–H and O–H groups in total. The van der Waals surface area contributed by atoms with Gasteiger partial charge in [-0.2, -0.15) is 5.10 Å². The zero-order valence-corrected chi connectivity index (χ0v) is 15.7. The van der Waals surface area contributed by atoms with E-state index < -0.39 is 10.0 Å². The van der Waals surface area contributed by atoms with Crippen LogP contribution in [0.5, 0.6) is 5.75 Å². The summed E-state index contributed by atoms with van der Waals surface area (Å²) in [5.41, 5.74) is 0.683. The van der Waals surface area contributed by atoms with Gasteiger partial charge in [-0.05, 0) is 63.0 Å². The first-order chi connectivity index (χ1) is 12.6. The van der Waals surface area contributed by atoms with E-state index in [4.69, 9.17) is 4.74 Å². The minimum absolute atomic E-state index is 0.0469. The molecule has 2 saturated heterocycles. The quantitative estimate of drug-likeness (QED) is 0.861. The molecule has 26 heavy (non-hydrogen) atoms. The lowest BCUT2D eigenvalue weighted by Crippen LogP contribution is -2.52. The Morgan fingerprint density at radius 3 is 2.77 bits per heavy atom. The largest absolute Gasteiger partial charge is 0.495 e. The third kappa shape index (κ3) is 3.24. The number of sulfonamides is 1. The molecule has 0 amide bonds. The highest BCUT2D eigenvalue weighted by Gasteiger charge is 2.37. The van der Waals surface area contributed by atoms with Crippen LogP contribution in [0.2, 0.25) is 0 Å². The molecule has 0 spiro atoms. The summed E-state index contributed by atoms with van der Waals surface area (Å²) >= 11 is 0. The van der Waals surface area contributed by atoms with Gasteiger partial charge in [0.25, 0.3) is 0 Å². The van der Waals surface area contributed by atoms with E-state index in [9.17, 15) is 8.42 Å². The Kier molecular flexibility index (Phi) is 4.73. The van der Waals surface area contributed by atoms with Crippen molar-refractivity contribution in [3.8, 4) is 11.4 Å². The molecular weight excluding hydrogens is 352 g/mol. The summed E-state index contributed by atoms with van der Waals surface area (Å²) in [4.78, 5) is 2.57. The lowest BCUT2D eigenvalue weighted by atomic mass is 9.97. The number of fused-ring (bicyclic) bond motifs is 1. The fraction of sp³-hybridized carbons (Fsp3) is 0.500. The second-order valence-corrected chi connectivity index (χ2v) is 8.58. The Hall–Kier alpha value is -1.90. The number of benzene rings is 1. The Morgan fingerprint density at radius 1 is 1.23 bits per heavy atom. The highest BCUT2D eigenvalue weighted by Crippen LogP contribution is 2.30. The fourth-order valence-electron chi connectivity index (χ4n) is 4.13. The lowest BCUT2D eigenvalue weighted by molar-refractivity contribution is 0.166. The zero-order chi connectivity index (χ0) is 18.1. The standard InChI is InChI=1S/C18H24N4O3S/c1-25-17-8-7-14(22-12-4-9-19-22)13-18(17)26(23,24)20-15-5-2-10-21-11-3-6-16(15)21/h4,7-9,12-13,15-16,20H,2-3,5-6,10-11H2,1H3/t15-,16-/m0/s1. The van der Waals surface area contributed by atoms with Gasteiger partial charge < -0.3 is 4.74 Å². The maximum absolute atomic E-state index is 13.2. The third-order valence-corrected chi connectivity index (χ3v) is 6.86. The predicted octanol–water partition coefficient (Wildman–Crippen LogP) is 1.79. The van der Waals surface area contributed by atoms with Crippen molar-refractivity contribution in [1.82, 2.24) is 19.4 Å². The second kappa shape index (κ2) is 7.02. The minimum Gasteiger partial charge on any atom is -0.495 e. The highest BCUT2D eigenvalue weighted by molar-refractivity contribution is 7.89. The summed E-state index contributed by atoms with van der Waals surface area (Å²) in [5, 5.41) is 4.18. The third-order valence-electron chi connectivity index (χ3n) is 5.35. The minimum atomic E-state index is -3.70. The molecule has 0 radical (unpaired) electrons. The number of nitrogens with one attached hydrogen (secondary N) is 1. The van der Waals surface area contributed by atoms with Crippen LogP contribution in [-0.2, 0) is 10.0 Å². The van der Waals surface area contributed by atoms with Crippen molar-refractivity contribution in [2.45, 2.75) is 42.7 Å². The van der Waals surface area contributed by atoms with E-state index in [0.717, 1.165) is 38.8 Å². The average Bonchev–Trinajstić information content (AvgIpc) is 3.33. The number of hydrogen-bond donors (Lipinski definition) is 1. The van der Waals surface area contributed by atoms with Crippen molar-refractivity contribution in [1.29, 1.82) is 0 Å². The molecule has 2 aromatic rings. The number of methoxy groups -OCH3 is 1. The molecular formula is C18H24N4O3S. The van der Waals surface area contributed by atoms with Gasteiger partial charge in [0, 0.05) is 24.5 Å².